The average Bonchev–Trinajstić information content (AvgIpc) is 2.43. The van der Waals surface area contributed by atoms with Crippen molar-refractivity contribution < 1.29 is 19.4 Å². The zero-order valence-corrected chi connectivity index (χ0v) is 12.2. The molecule has 0 aliphatic carbocycles. The van der Waals surface area contributed by atoms with E-state index in [9.17, 15) is 9.59 Å². The third-order valence-corrected chi connectivity index (χ3v) is 4.14. The van der Waals surface area contributed by atoms with E-state index in [0.717, 1.165) is 10.5 Å². The number of hydrogen-bond acceptors (Lipinski definition) is 4. The second kappa shape index (κ2) is 7.61. The zero-order chi connectivity index (χ0) is 15.1. The number of carbonyl (C=O) groups is 2. The van der Waals surface area contributed by atoms with Gasteiger partial charge in [-0.05, 0) is 31.0 Å². The Morgan fingerprint density at radius 3 is 2.75 bits per heavy atom. The highest BCUT2D eigenvalue weighted by Gasteiger charge is 2.20. The maximum atomic E-state index is 11.8. The van der Waals surface area contributed by atoms with E-state index in [4.69, 9.17) is 16.3 Å². The third kappa shape index (κ3) is 4.32. The van der Waals surface area contributed by atoms with Crippen LogP contribution in [0, 0.1) is 19.3 Å². The summed E-state index contributed by atoms with van der Waals surface area (Å²) in [6, 6.07) is 4.84. The van der Waals surface area contributed by atoms with Gasteiger partial charge in [-0.3, -0.25) is 4.79 Å². The van der Waals surface area contributed by atoms with Crippen LogP contribution in [0.4, 0.5) is 0 Å². The lowest BCUT2D eigenvalue weighted by molar-refractivity contribution is -0.141. The Kier molecular flexibility index (Phi) is 6.13. The van der Waals surface area contributed by atoms with E-state index in [-0.39, 0.29) is 18.1 Å². The fourth-order valence-corrected chi connectivity index (χ4v) is 2.60. The van der Waals surface area contributed by atoms with Crippen LogP contribution >= 0.6 is 11.8 Å². The van der Waals surface area contributed by atoms with Gasteiger partial charge >= 0.3 is 11.9 Å². The van der Waals surface area contributed by atoms with E-state index < -0.39 is 11.2 Å². The van der Waals surface area contributed by atoms with Crippen LogP contribution in [0.5, 0.6) is 0 Å². The van der Waals surface area contributed by atoms with Crippen LogP contribution in [0.2, 0.25) is 0 Å². The normalized spacial score (nSPS) is 11.4. The number of rotatable bonds is 6. The van der Waals surface area contributed by atoms with Gasteiger partial charge < -0.3 is 9.84 Å². The molecular weight excluding hydrogens is 276 g/mol. The first-order chi connectivity index (χ1) is 9.49. The molecule has 1 N–H and O–H groups in total. The van der Waals surface area contributed by atoms with Crippen molar-refractivity contribution in [1.29, 1.82) is 0 Å². The number of thioether (sulfide) groups is 1. The van der Waals surface area contributed by atoms with Crippen LogP contribution in [-0.2, 0) is 9.53 Å². The van der Waals surface area contributed by atoms with Crippen LogP contribution in [0.1, 0.15) is 29.3 Å². The number of terminal acetylenes is 1. The van der Waals surface area contributed by atoms with Crippen molar-refractivity contribution in [2.75, 3.05) is 6.61 Å². The summed E-state index contributed by atoms with van der Waals surface area (Å²) in [6.07, 6.45) is 5.62. The van der Waals surface area contributed by atoms with Crippen molar-refractivity contribution in [2.45, 2.75) is 30.4 Å². The molecule has 0 saturated carbocycles. The maximum Gasteiger partial charge on any atom is 0.335 e. The Morgan fingerprint density at radius 2 is 2.20 bits per heavy atom. The molecular formula is C15H16O4S. The highest BCUT2D eigenvalue weighted by Crippen LogP contribution is 2.30. The largest absolute Gasteiger partial charge is 0.478 e. The Hall–Kier alpha value is -1.93. The molecule has 0 aliphatic heterocycles. The topological polar surface area (TPSA) is 63.6 Å². The fraction of sp³-hybridized carbons (Fsp3) is 0.333. The van der Waals surface area contributed by atoms with Crippen molar-refractivity contribution in [3.8, 4) is 12.3 Å². The molecule has 5 heteroatoms. The summed E-state index contributed by atoms with van der Waals surface area (Å²) in [5.74, 6) is 0.877. The second-order valence-corrected chi connectivity index (χ2v) is 5.36. The molecule has 106 valence electrons. The molecule has 20 heavy (non-hydrogen) atoms. The van der Waals surface area contributed by atoms with Gasteiger partial charge in [0.2, 0.25) is 0 Å². The molecule has 0 spiro atoms. The first kappa shape index (κ1) is 16.1. The third-order valence-electron chi connectivity index (χ3n) is 2.64. The quantitative estimate of drug-likeness (QED) is 0.496. The number of aryl methyl sites for hydroxylation is 1. The highest BCUT2D eigenvalue weighted by molar-refractivity contribution is 8.00. The first-order valence-electron chi connectivity index (χ1n) is 6.10. The van der Waals surface area contributed by atoms with E-state index in [0.29, 0.717) is 6.42 Å². The first-order valence-corrected chi connectivity index (χ1v) is 6.98. The molecule has 1 aromatic carbocycles. The molecule has 0 saturated heterocycles. The summed E-state index contributed by atoms with van der Waals surface area (Å²) >= 11 is 1.30. The standard InChI is InChI=1S/C15H16O4S/c1-4-8-19-15(18)12(5-2)20-13-9-11(14(16)17)7-6-10(13)3/h1,6-7,9,12H,5,8H2,2-3H3,(H,16,17). The molecule has 0 fully saturated rings. The van der Waals surface area contributed by atoms with Gasteiger partial charge in [0.15, 0.2) is 6.61 Å². The molecule has 0 aliphatic rings. The van der Waals surface area contributed by atoms with Gasteiger partial charge in [-0.25, -0.2) is 4.79 Å². The molecule has 1 rings (SSSR count). The van der Waals surface area contributed by atoms with E-state index in [1.807, 2.05) is 13.8 Å². The number of esters is 1. The average molecular weight is 292 g/mol. The minimum Gasteiger partial charge on any atom is -0.478 e. The van der Waals surface area contributed by atoms with Gasteiger partial charge in [0.25, 0.3) is 0 Å². The summed E-state index contributed by atoms with van der Waals surface area (Å²) in [5, 5.41) is 8.60. The van der Waals surface area contributed by atoms with Crippen LogP contribution in [0.15, 0.2) is 23.1 Å². The summed E-state index contributed by atoms with van der Waals surface area (Å²) in [7, 11) is 0. The Labute approximate surface area is 122 Å². The number of ether oxygens (including phenoxy) is 1. The summed E-state index contributed by atoms with van der Waals surface area (Å²) in [4.78, 5) is 23.5. The highest BCUT2D eigenvalue weighted by atomic mass is 32.2. The predicted molar refractivity (Wildman–Crippen MR) is 77.9 cm³/mol. The van der Waals surface area contributed by atoms with Gasteiger partial charge in [0, 0.05) is 4.90 Å². The van der Waals surface area contributed by atoms with E-state index in [1.165, 1.54) is 11.8 Å². The van der Waals surface area contributed by atoms with Gasteiger partial charge in [0.05, 0.1) is 5.56 Å². The van der Waals surface area contributed by atoms with Crippen LogP contribution in [-0.4, -0.2) is 28.9 Å². The molecule has 1 unspecified atom stereocenters. The monoisotopic (exact) mass is 292 g/mol. The lowest BCUT2D eigenvalue weighted by atomic mass is 10.1. The van der Waals surface area contributed by atoms with Gasteiger partial charge in [0.1, 0.15) is 5.25 Å². The van der Waals surface area contributed by atoms with Crippen LogP contribution in [0.3, 0.4) is 0 Å². The Morgan fingerprint density at radius 1 is 1.50 bits per heavy atom. The lowest BCUT2D eigenvalue weighted by Gasteiger charge is -2.14. The smallest absolute Gasteiger partial charge is 0.335 e. The Bertz CT molecular complexity index is 545. The van der Waals surface area contributed by atoms with Gasteiger partial charge in [-0.2, -0.15) is 0 Å². The number of hydrogen-bond donors (Lipinski definition) is 1. The zero-order valence-electron chi connectivity index (χ0n) is 11.4. The number of aromatic carboxylic acids is 1. The fourth-order valence-electron chi connectivity index (χ4n) is 1.52. The lowest BCUT2D eigenvalue weighted by Crippen LogP contribution is -2.19. The molecule has 0 amide bonds. The number of carboxylic acid groups (broad SMARTS) is 1. The van der Waals surface area contributed by atoms with Crippen LogP contribution < -0.4 is 0 Å². The van der Waals surface area contributed by atoms with Gasteiger partial charge in [-0.1, -0.05) is 18.9 Å². The van der Waals surface area contributed by atoms with Gasteiger partial charge in [-0.15, -0.1) is 18.2 Å². The molecule has 1 aromatic rings. The number of carboxylic acids is 1. The minimum atomic E-state index is -0.991. The maximum absolute atomic E-state index is 11.8. The number of carbonyl (C=O) groups excluding carboxylic acids is 1. The SMILES string of the molecule is C#CCOC(=O)C(CC)Sc1cc(C(=O)O)ccc1C. The molecule has 0 bridgehead atoms. The predicted octanol–water partition coefficient (Wildman–Crippen LogP) is 2.74. The van der Waals surface area contributed by atoms with Crippen molar-refractivity contribution >= 4 is 23.7 Å². The molecule has 0 heterocycles. The summed E-state index contributed by atoms with van der Waals surface area (Å²) in [6.45, 7) is 3.68. The minimum absolute atomic E-state index is 0.0515. The summed E-state index contributed by atoms with van der Waals surface area (Å²) in [5.41, 5.74) is 1.12. The van der Waals surface area contributed by atoms with Crippen LogP contribution in [0.25, 0.3) is 0 Å². The van der Waals surface area contributed by atoms with E-state index >= 15 is 0 Å². The molecule has 0 aromatic heterocycles. The number of benzene rings is 1. The molecule has 0 radical (unpaired) electrons. The van der Waals surface area contributed by atoms with Crippen molar-refractivity contribution in [2.24, 2.45) is 0 Å². The van der Waals surface area contributed by atoms with Crippen molar-refractivity contribution in [3.05, 3.63) is 29.3 Å². The molecule has 4 nitrogen and oxygen atoms in total. The van der Waals surface area contributed by atoms with Crippen molar-refractivity contribution in [1.82, 2.24) is 0 Å². The van der Waals surface area contributed by atoms with E-state index in [2.05, 4.69) is 5.92 Å². The second-order valence-electron chi connectivity index (χ2n) is 4.11. The van der Waals surface area contributed by atoms with Crippen molar-refractivity contribution in [3.63, 3.8) is 0 Å². The molecule has 1 atom stereocenters. The Balaban J connectivity index is 2.89. The summed E-state index contributed by atoms with van der Waals surface area (Å²) < 4.78 is 4.92. The van der Waals surface area contributed by atoms with E-state index in [1.54, 1.807) is 18.2 Å².